The van der Waals surface area contributed by atoms with Crippen LogP contribution in [0.4, 0.5) is 0 Å². The highest BCUT2D eigenvalue weighted by Gasteiger charge is 2.16. The van der Waals surface area contributed by atoms with Gasteiger partial charge in [-0.25, -0.2) is 0 Å². The van der Waals surface area contributed by atoms with Crippen molar-refractivity contribution < 1.29 is 0 Å². The SMILES string of the molecule is CC1=NC(C)N(C)C(C)=C1C. The van der Waals surface area contributed by atoms with Crippen LogP contribution in [-0.2, 0) is 0 Å². The van der Waals surface area contributed by atoms with E-state index < -0.39 is 0 Å². The maximum atomic E-state index is 4.48. The molecule has 11 heavy (non-hydrogen) atoms. The molecule has 0 bridgehead atoms. The molecule has 0 aromatic rings. The van der Waals surface area contributed by atoms with Gasteiger partial charge in [0.15, 0.2) is 0 Å². The number of aliphatic imine (C=N–C) groups is 1. The fraction of sp³-hybridized carbons (Fsp3) is 0.667. The van der Waals surface area contributed by atoms with Crippen molar-refractivity contribution in [2.24, 2.45) is 4.99 Å². The van der Waals surface area contributed by atoms with Crippen LogP contribution in [0.2, 0.25) is 0 Å². The van der Waals surface area contributed by atoms with Crippen LogP contribution in [0, 0.1) is 0 Å². The lowest BCUT2D eigenvalue weighted by atomic mass is 10.1. The van der Waals surface area contributed by atoms with Gasteiger partial charge < -0.3 is 4.90 Å². The van der Waals surface area contributed by atoms with Crippen LogP contribution in [0.1, 0.15) is 27.7 Å². The smallest absolute Gasteiger partial charge is 0.118 e. The number of hydrogen-bond donors (Lipinski definition) is 0. The molecule has 0 saturated carbocycles. The molecule has 1 aliphatic heterocycles. The van der Waals surface area contributed by atoms with Crippen molar-refractivity contribution in [1.29, 1.82) is 0 Å². The summed E-state index contributed by atoms with van der Waals surface area (Å²) in [4.78, 5) is 6.68. The molecule has 0 aromatic carbocycles. The van der Waals surface area contributed by atoms with Crippen molar-refractivity contribution in [3.8, 4) is 0 Å². The van der Waals surface area contributed by atoms with E-state index in [1.165, 1.54) is 17.0 Å². The Bertz CT molecular complexity index is 226. The number of nitrogens with zero attached hydrogens (tertiary/aromatic N) is 2. The molecule has 1 aliphatic rings. The van der Waals surface area contributed by atoms with E-state index in [4.69, 9.17) is 0 Å². The normalized spacial score (nSPS) is 25.7. The lowest BCUT2D eigenvalue weighted by Crippen LogP contribution is -2.31. The first-order valence-electron chi connectivity index (χ1n) is 3.99. The molecular formula is C9H16N2. The van der Waals surface area contributed by atoms with Crippen LogP contribution in [0.25, 0.3) is 0 Å². The minimum absolute atomic E-state index is 0.304. The highest BCUT2D eigenvalue weighted by atomic mass is 15.2. The van der Waals surface area contributed by atoms with Gasteiger partial charge in [-0.1, -0.05) is 0 Å². The molecule has 2 heteroatoms. The molecular weight excluding hydrogens is 136 g/mol. The van der Waals surface area contributed by atoms with E-state index in [1.807, 2.05) is 0 Å². The second-order valence-electron chi connectivity index (χ2n) is 3.17. The molecule has 0 radical (unpaired) electrons. The largest absolute Gasteiger partial charge is 0.356 e. The predicted molar refractivity (Wildman–Crippen MR) is 48.7 cm³/mol. The first-order chi connectivity index (χ1) is 5.04. The summed E-state index contributed by atoms with van der Waals surface area (Å²) in [5.41, 5.74) is 3.82. The molecule has 0 aliphatic carbocycles. The Kier molecular flexibility index (Phi) is 2.03. The molecule has 0 amide bonds. The van der Waals surface area contributed by atoms with Gasteiger partial charge in [0.1, 0.15) is 6.17 Å². The predicted octanol–water partition coefficient (Wildman–Crippen LogP) is 2.03. The van der Waals surface area contributed by atoms with Gasteiger partial charge in [-0.15, -0.1) is 0 Å². The lowest BCUT2D eigenvalue weighted by molar-refractivity contribution is 0.325. The Morgan fingerprint density at radius 2 is 1.82 bits per heavy atom. The van der Waals surface area contributed by atoms with Gasteiger partial charge in [-0.2, -0.15) is 0 Å². The molecule has 0 spiro atoms. The van der Waals surface area contributed by atoms with Crippen molar-refractivity contribution in [3.05, 3.63) is 11.3 Å². The molecule has 0 fully saturated rings. The maximum absolute atomic E-state index is 4.48. The summed E-state index contributed by atoms with van der Waals surface area (Å²) in [6, 6.07) is 0. The fourth-order valence-corrected chi connectivity index (χ4v) is 1.27. The zero-order chi connectivity index (χ0) is 8.59. The van der Waals surface area contributed by atoms with Gasteiger partial charge in [-0.3, -0.25) is 4.99 Å². The Morgan fingerprint density at radius 3 is 2.36 bits per heavy atom. The summed E-state index contributed by atoms with van der Waals surface area (Å²) in [6.45, 7) is 8.45. The minimum atomic E-state index is 0.304. The van der Waals surface area contributed by atoms with E-state index >= 15 is 0 Å². The van der Waals surface area contributed by atoms with Crippen molar-refractivity contribution in [2.75, 3.05) is 7.05 Å². The van der Waals surface area contributed by atoms with Crippen LogP contribution < -0.4 is 0 Å². The monoisotopic (exact) mass is 152 g/mol. The topological polar surface area (TPSA) is 15.6 Å². The van der Waals surface area contributed by atoms with Crippen LogP contribution in [0.15, 0.2) is 16.3 Å². The summed E-state index contributed by atoms with van der Waals surface area (Å²) in [5, 5.41) is 0. The molecule has 0 saturated heterocycles. The van der Waals surface area contributed by atoms with Crippen molar-refractivity contribution in [3.63, 3.8) is 0 Å². The van der Waals surface area contributed by atoms with Gasteiger partial charge in [0.25, 0.3) is 0 Å². The van der Waals surface area contributed by atoms with E-state index in [-0.39, 0.29) is 0 Å². The zero-order valence-corrected chi connectivity index (χ0v) is 7.97. The first kappa shape index (κ1) is 8.31. The Balaban J connectivity index is 3.02. The summed E-state index contributed by atoms with van der Waals surface area (Å²) >= 11 is 0. The average Bonchev–Trinajstić information content (AvgIpc) is 1.97. The molecule has 0 N–H and O–H groups in total. The number of rotatable bonds is 0. The van der Waals surface area contributed by atoms with Gasteiger partial charge in [0, 0.05) is 18.5 Å². The van der Waals surface area contributed by atoms with Gasteiger partial charge in [-0.05, 0) is 33.3 Å². The fourth-order valence-electron chi connectivity index (χ4n) is 1.27. The highest BCUT2D eigenvalue weighted by molar-refractivity contribution is 5.98. The van der Waals surface area contributed by atoms with Crippen LogP contribution >= 0.6 is 0 Å². The average molecular weight is 152 g/mol. The van der Waals surface area contributed by atoms with Crippen molar-refractivity contribution >= 4 is 5.71 Å². The highest BCUT2D eigenvalue weighted by Crippen LogP contribution is 2.18. The number of allylic oxidation sites excluding steroid dienone is 2. The second-order valence-corrected chi connectivity index (χ2v) is 3.17. The maximum Gasteiger partial charge on any atom is 0.118 e. The third kappa shape index (κ3) is 1.30. The lowest BCUT2D eigenvalue weighted by Gasteiger charge is -2.30. The molecule has 62 valence electrons. The van der Waals surface area contributed by atoms with Gasteiger partial charge >= 0.3 is 0 Å². The van der Waals surface area contributed by atoms with Crippen molar-refractivity contribution in [2.45, 2.75) is 33.9 Å². The van der Waals surface area contributed by atoms with Crippen LogP contribution in [-0.4, -0.2) is 23.8 Å². The molecule has 1 unspecified atom stereocenters. The second kappa shape index (κ2) is 2.68. The van der Waals surface area contributed by atoms with E-state index in [1.54, 1.807) is 0 Å². The molecule has 0 aromatic heterocycles. The molecule has 1 atom stereocenters. The Labute approximate surface area is 68.6 Å². The zero-order valence-electron chi connectivity index (χ0n) is 7.97. The van der Waals surface area contributed by atoms with E-state index in [9.17, 15) is 0 Å². The molecule has 1 heterocycles. The van der Waals surface area contributed by atoms with E-state index in [2.05, 4.69) is 44.6 Å². The van der Waals surface area contributed by atoms with Crippen molar-refractivity contribution in [1.82, 2.24) is 4.90 Å². The minimum Gasteiger partial charge on any atom is -0.356 e. The Morgan fingerprint density at radius 1 is 1.27 bits per heavy atom. The molecule has 2 nitrogen and oxygen atoms in total. The Hall–Kier alpha value is -0.790. The number of hydrogen-bond acceptors (Lipinski definition) is 2. The summed E-state index contributed by atoms with van der Waals surface area (Å²) in [7, 11) is 2.08. The summed E-state index contributed by atoms with van der Waals surface area (Å²) in [5.74, 6) is 0. The summed E-state index contributed by atoms with van der Waals surface area (Å²) in [6.07, 6.45) is 0.304. The standard InChI is InChI=1S/C9H16N2/c1-6-7(2)10-9(4)11(5)8(6)3/h9H,1-5H3. The van der Waals surface area contributed by atoms with Crippen LogP contribution in [0.3, 0.4) is 0 Å². The van der Waals surface area contributed by atoms with Gasteiger partial charge in [0.2, 0.25) is 0 Å². The first-order valence-corrected chi connectivity index (χ1v) is 3.99. The quantitative estimate of drug-likeness (QED) is 0.518. The van der Waals surface area contributed by atoms with Gasteiger partial charge in [0.05, 0.1) is 0 Å². The van der Waals surface area contributed by atoms with Crippen LogP contribution in [0.5, 0.6) is 0 Å². The third-order valence-electron chi connectivity index (χ3n) is 2.56. The summed E-state index contributed by atoms with van der Waals surface area (Å²) < 4.78 is 0. The molecule has 1 rings (SSSR count). The van der Waals surface area contributed by atoms with E-state index in [0.717, 1.165) is 0 Å². The van der Waals surface area contributed by atoms with E-state index in [0.29, 0.717) is 6.17 Å². The third-order valence-corrected chi connectivity index (χ3v) is 2.56.